The molecular weight excluding hydrogens is 412 g/mol. The number of rotatable bonds is 2. The summed E-state index contributed by atoms with van der Waals surface area (Å²) in [5.74, 6) is 0.679. The van der Waals surface area contributed by atoms with Crippen LogP contribution in [-0.4, -0.2) is 28.5 Å². The van der Waals surface area contributed by atoms with Gasteiger partial charge in [0.15, 0.2) is 0 Å². The van der Waals surface area contributed by atoms with Gasteiger partial charge in [0.25, 0.3) is 11.5 Å². The molecule has 2 aliphatic rings. The molecule has 3 aromatic heterocycles. The maximum Gasteiger partial charge on any atom is 0.263 e. The molecule has 1 aromatic carbocycles. The van der Waals surface area contributed by atoms with E-state index in [1.807, 2.05) is 45.2 Å². The van der Waals surface area contributed by atoms with Crippen LogP contribution in [0.25, 0.3) is 20.5 Å². The Morgan fingerprint density at radius 2 is 1.90 bits per heavy atom. The molecule has 0 spiro atoms. The average molecular weight is 433 g/mol. The van der Waals surface area contributed by atoms with Crippen LogP contribution in [0, 0.1) is 5.92 Å². The highest BCUT2D eigenvalue weighted by atomic mass is 32.1. The van der Waals surface area contributed by atoms with Crippen LogP contribution in [0.4, 0.5) is 0 Å². The Kier molecular flexibility index (Phi) is 4.18. The second-order valence-corrected chi connectivity index (χ2v) is 10.3. The fourth-order valence-corrected chi connectivity index (χ4v) is 6.74. The first-order valence-electron chi connectivity index (χ1n) is 10.2. The number of hydrogen-bond acceptors (Lipinski definition) is 4. The van der Waals surface area contributed by atoms with Crippen molar-refractivity contribution in [3.05, 3.63) is 80.9 Å². The fourth-order valence-electron chi connectivity index (χ4n) is 4.97. The Bertz CT molecular complexity index is 1290. The summed E-state index contributed by atoms with van der Waals surface area (Å²) >= 11 is 3.17. The van der Waals surface area contributed by atoms with Gasteiger partial charge in [-0.3, -0.25) is 9.59 Å². The minimum atomic E-state index is 0.104. The number of nitrogens with zero attached hydrogens (tertiary/aromatic N) is 2. The third-order valence-corrected chi connectivity index (χ3v) is 8.32. The smallest absolute Gasteiger partial charge is 0.263 e. The van der Waals surface area contributed by atoms with Crippen molar-refractivity contribution in [1.29, 1.82) is 0 Å². The molecule has 1 saturated heterocycles. The van der Waals surface area contributed by atoms with Gasteiger partial charge in [0, 0.05) is 40.8 Å². The third kappa shape index (κ3) is 2.86. The SMILES string of the molecule is O=C(c1cccs1)N1C[C@H]2C[C@H](C1)c1ccc(-c3cc4ccccc4s3)c(=O)n1C2. The highest BCUT2D eigenvalue weighted by Gasteiger charge is 2.37. The van der Waals surface area contributed by atoms with Crippen LogP contribution >= 0.6 is 22.7 Å². The van der Waals surface area contributed by atoms with Crippen molar-refractivity contribution < 1.29 is 4.79 Å². The minimum absolute atomic E-state index is 0.104. The summed E-state index contributed by atoms with van der Waals surface area (Å²) in [7, 11) is 0. The Labute approximate surface area is 182 Å². The van der Waals surface area contributed by atoms with Gasteiger partial charge in [-0.2, -0.15) is 0 Å². The predicted octanol–water partition coefficient (Wildman–Crippen LogP) is 5.05. The molecular formula is C24H20N2O2S2. The molecule has 0 aliphatic carbocycles. The molecule has 4 nitrogen and oxygen atoms in total. The number of benzene rings is 1. The zero-order valence-corrected chi connectivity index (χ0v) is 17.9. The molecule has 30 heavy (non-hydrogen) atoms. The number of piperidine rings is 1. The Balaban J connectivity index is 1.36. The molecule has 0 unspecified atom stereocenters. The largest absolute Gasteiger partial charge is 0.337 e. The molecule has 6 heteroatoms. The van der Waals surface area contributed by atoms with Crippen LogP contribution in [0.2, 0.25) is 0 Å². The number of carbonyl (C=O) groups is 1. The van der Waals surface area contributed by atoms with Crippen LogP contribution < -0.4 is 5.56 Å². The number of thiophene rings is 2. The van der Waals surface area contributed by atoms with Crippen molar-refractivity contribution in [3.63, 3.8) is 0 Å². The van der Waals surface area contributed by atoms with Gasteiger partial charge >= 0.3 is 0 Å². The number of likely N-dealkylation sites (tertiary alicyclic amines) is 1. The first kappa shape index (κ1) is 18.1. The van der Waals surface area contributed by atoms with E-state index in [0.29, 0.717) is 19.0 Å². The second-order valence-electron chi connectivity index (χ2n) is 8.22. The molecule has 150 valence electrons. The molecule has 0 saturated carbocycles. The van der Waals surface area contributed by atoms with Crippen LogP contribution in [0.15, 0.2) is 64.8 Å². The van der Waals surface area contributed by atoms with E-state index in [4.69, 9.17) is 0 Å². The lowest BCUT2D eigenvalue weighted by molar-refractivity contribution is 0.0599. The van der Waals surface area contributed by atoms with E-state index < -0.39 is 0 Å². The van der Waals surface area contributed by atoms with Gasteiger partial charge in [-0.05, 0) is 53.4 Å². The van der Waals surface area contributed by atoms with Gasteiger partial charge in [0.1, 0.15) is 0 Å². The first-order chi connectivity index (χ1) is 14.7. The standard InChI is InChI=1S/C24H20N2O2S2/c27-23-18(22-11-16-4-1-2-5-20(16)30-22)7-8-19-17-10-15(13-26(19)23)12-25(14-17)24(28)21-6-3-9-29-21/h1-9,11,15,17H,10,12-14H2/t15-,17-/m1/s1. The maximum atomic E-state index is 13.4. The molecule has 0 N–H and O–H groups in total. The van der Waals surface area contributed by atoms with Crippen LogP contribution in [0.5, 0.6) is 0 Å². The summed E-state index contributed by atoms with van der Waals surface area (Å²) in [5.41, 5.74) is 1.96. The molecule has 2 atom stereocenters. The van der Waals surface area contributed by atoms with E-state index in [2.05, 4.69) is 24.3 Å². The van der Waals surface area contributed by atoms with E-state index in [-0.39, 0.29) is 17.4 Å². The molecule has 5 heterocycles. The summed E-state index contributed by atoms with van der Waals surface area (Å²) < 4.78 is 3.18. The van der Waals surface area contributed by atoms with E-state index in [1.165, 1.54) is 21.4 Å². The predicted molar refractivity (Wildman–Crippen MR) is 123 cm³/mol. The van der Waals surface area contributed by atoms with Crippen molar-refractivity contribution in [1.82, 2.24) is 9.47 Å². The monoisotopic (exact) mass is 432 g/mol. The highest BCUT2D eigenvalue weighted by molar-refractivity contribution is 7.22. The van der Waals surface area contributed by atoms with Crippen LogP contribution in [0.1, 0.15) is 27.7 Å². The lowest BCUT2D eigenvalue weighted by Crippen LogP contribution is -2.49. The minimum Gasteiger partial charge on any atom is -0.337 e. The van der Waals surface area contributed by atoms with Crippen molar-refractivity contribution in [2.75, 3.05) is 13.1 Å². The number of pyridine rings is 1. The summed E-state index contributed by atoms with van der Waals surface area (Å²) in [6.45, 7) is 2.11. The quantitative estimate of drug-likeness (QED) is 0.445. The van der Waals surface area contributed by atoms with Gasteiger partial charge in [-0.25, -0.2) is 0 Å². The summed E-state index contributed by atoms with van der Waals surface area (Å²) in [4.78, 5) is 30.1. The number of fused-ring (bicyclic) bond motifs is 5. The normalized spacial score (nSPS) is 20.3. The van der Waals surface area contributed by atoms with Crippen molar-refractivity contribution in [2.45, 2.75) is 18.9 Å². The van der Waals surface area contributed by atoms with Gasteiger partial charge in [-0.15, -0.1) is 22.7 Å². The lowest BCUT2D eigenvalue weighted by atomic mass is 9.83. The topological polar surface area (TPSA) is 42.3 Å². The van der Waals surface area contributed by atoms with E-state index in [0.717, 1.165) is 34.0 Å². The Hall–Kier alpha value is -2.70. The van der Waals surface area contributed by atoms with E-state index >= 15 is 0 Å². The number of carbonyl (C=O) groups excluding carboxylic acids is 1. The lowest BCUT2D eigenvalue weighted by Gasteiger charge is -2.42. The van der Waals surface area contributed by atoms with Crippen LogP contribution in [0.3, 0.4) is 0 Å². The Morgan fingerprint density at radius 3 is 2.73 bits per heavy atom. The highest BCUT2D eigenvalue weighted by Crippen LogP contribution is 2.38. The average Bonchev–Trinajstić information content (AvgIpc) is 3.44. The van der Waals surface area contributed by atoms with Crippen molar-refractivity contribution in [3.8, 4) is 10.4 Å². The Morgan fingerprint density at radius 1 is 1.00 bits per heavy atom. The number of hydrogen-bond donors (Lipinski definition) is 0. The van der Waals surface area contributed by atoms with Crippen molar-refractivity contribution in [2.24, 2.45) is 5.92 Å². The molecule has 6 rings (SSSR count). The van der Waals surface area contributed by atoms with Gasteiger partial charge < -0.3 is 9.47 Å². The molecule has 1 fully saturated rings. The number of aromatic nitrogens is 1. The zero-order valence-electron chi connectivity index (χ0n) is 16.3. The molecule has 2 bridgehead atoms. The summed E-state index contributed by atoms with van der Waals surface area (Å²) in [6, 6.07) is 18.3. The van der Waals surface area contributed by atoms with Gasteiger partial charge in [-0.1, -0.05) is 24.3 Å². The molecule has 0 radical (unpaired) electrons. The molecule has 4 aromatic rings. The summed E-state index contributed by atoms with van der Waals surface area (Å²) in [6.07, 6.45) is 1.05. The second kappa shape index (κ2) is 6.93. The zero-order chi connectivity index (χ0) is 20.2. The van der Waals surface area contributed by atoms with Gasteiger partial charge in [0.05, 0.1) is 10.4 Å². The van der Waals surface area contributed by atoms with Crippen molar-refractivity contribution >= 4 is 38.7 Å². The number of amides is 1. The first-order valence-corrected chi connectivity index (χ1v) is 11.9. The van der Waals surface area contributed by atoms with Gasteiger partial charge in [0.2, 0.25) is 0 Å². The maximum absolute atomic E-state index is 13.4. The molecule has 1 amide bonds. The van der Waals surface area contributed by atoms with E-state index in [9.17, 15) is 9.59 Å². The third-order valence-electron chi connectivity index (χ3n) is 6.31. The summed E-state index contributed by atoms with van der Waals surface area (Å²) in [5, 5.41) is 3.13. The molecule has 2 aliphatic heterocycles. The van der Waals surface area contributed by atoms with Crippen LogP contribution in [-0.2, 0) is 6.54 Å². The fraction of sp³-hybridized carbons (Fsp3) is 0.250. The van der Waals surface area contributed by atoms with E-state index in [1.54, 1.807) is 11.3 Å².